The van der Waals surface area contributed by atoms with E-state index in [2.05, 4.69) is 36.2 Å². The molecule has 2 rings (SSSR count). The fourth-order valence-corrected chi connectivity index (χ4v) is 2.42. The summed E-state index contributed by atoms with van der Waals surface area (Å²) in [6.07, 6.45) is 1.82. The second-order valence-corrected chi connectivity index (χ2v) is 5.03. The molecule has 2 aromatic rings. The van der Waals surface area contributed by atoms with Crippen LogP contribution in [0.4, 0.5) is 0 Å². The van der Waals surface area contributed by atoms with Crippen molar-refractivity contribution in [2.75, 3.05) is 0 Å². The molecule has 1 nitrogen and oxygen atoms in total. The number of benzene rings is 1. The quantitative estimate of drug-likeness (QED) is 0.593. The van der Waals surface area contributed by atoms with Gasteiger partial charge < -0.3 is 0 Å². The first-order chi connectivity index (χ1) is 7.74. The van der Waals surface area contributed by atoms with Crippen molar-refractivity contribution in [1.82, 2.24) is 4.98 Å². The van der Waals surface area contributed by atoms with Gasteiger partial charge in [-0.05, 0) is 30.7 Å². The van der Waals surface area contributed by atoms with E-state index >= 15 is 0 Å². The molecule has 0 unspecified atom stereocenters. The third kappa shape index (κ3) is 3.26. The van der Waals surface area contributed by atoms with Crippen molar-refractivity contribution in [2.24, 2.45) is 0 Å². The predicted octanol–water partition coefficient (Wildman–Crippen LogP) is 4.34. The number of aryl methyl sites for hydroxylation is 1. The highest BCUT2D eigenvalue weighted by molar-refractivity contribution is 7.98. The number of hydrogen-bond donors (Lipinski definition) is 0. The van der Waals surface area contributed by atoms with Crippen molar-refractivity contribution < 1.29 is 0 Å². The predicted molar refractivity (Wildman–Crippen MR) is 70.0 cm³/mol. The topological polar surface area (TPSA) is 12.9 Å². The van der Waals surface area contributed by atoms with Gasteiger partial charge in [0.2, 0.25) is 0 Å². The first-order valence-corrected chi connectivity index (χ1v) is 6.40. The summed E-state index contributed by atoms with van der Waals surface area (Å²) >= 11 is 7.54. The molecule has 1 aromatic carbocycles. The van der Waals surface area contributed by atoms with Crippen molar-refractivity contribution in [3.8, 4) is 0 Å². The minimum Gasteiger partial charge on any atom is -0.244 e. The number of pyridine rings is 1. The van der Waals surface area contributed by atoms with Gasteiger partial charge >= 0.3 is 0 Å². The highest BCUT2D eigenvalue weighted by atomic mass is 35.5. The molecule has 0 saturated heterocycles. The van der Waals surface area contributed by atoms with Crippen molar-refractivity contribution in [3.63, 3.8) is 0 Å². The first-order valence-electron chi connectivity index (χ1n) is 5.04. The summed E-state index contributed by atoms with van der Waals surface area (Å²) in [7, 11) is 0. The normalized spacial score (nSPS) is 10.4. The van der Waals surface area contributed by atoms with Crippen LogP contribution >= 0.6 is 23.4 Å². The van der Waals surface area contributed by atoms with Gasteiger partial charge in [0.15, 0.2) is 0 Å². The molecule has 0 N–H and O–H groups in total. The van der Waals surface area contributed by atoms with Gasteiger partial charge in [-0.25, -0.2) is 4.98 Å². The molecule has 0 aliphatic carbocycles. The number of thioether (sulfide) groups is 1. The van der Waals surface area contributed by atoms with Crippen LogP contribution in [0.2, 0.25) is 5.15 Å². The average Bonchev–Trinajstić information content (AvgIpc) is 2.28. The molecule has 0 radical (unpaired) electrons. The van der Waals surface area contributed by atoms with Crippen LogP contribution in [0.25, 0.3) is 0 Å². The van der Waals surface area contributed by atoms with Crippen LogP contribution in [-0.4, -0.2) is 4.98 Å². The van der Waals surface area contributed by atoms with E-state index < -0.39 is 0 Å². The zero-order chi connectivity index (χ0) is 11.4. The van der Waals surface area contributed by atoms with Gasteiger partial charge in [0.1, 0.15) is 5.15 Å². The molecule has 16 heavy (non-hydrogen) atoms. The minimum atomic E-state index is 0.546. The third-order valence-corrected chi connectivity index (χ3v) is 3.47. The molecule has 0 fully saturated rings. The molecule has 0 atom stereocenters. The average molecular weight is 250 g/mol. The lowest BCUT2D eigenvalue weighted by Gasteiger charge is -2.02. The van der Waals surface area contributed by atoms with Gasteiger partial charge in [-0.15, -0.1) is 11.8 Å². The summed E-state index contributed by atoms with van der Waals surface area (Å²) in [4.78, 5) is 5.35. The minimum absolute atomic E-state index is 0.546. The lowest BCUT2D eigenvalue weighted by molar-refractivity contribution is 1.25. The SMILES string of the molecule is Cc1cccc(SCc2ccc(Cl)nc2)c1. The zero-order valence-corrected chi connectivity index (χ0v) is 10.6. The summed E-state index contributed by atoms with van der Waals surface area (Å²) in [5.41, 5.74) is 2.48. The van der Waals surface area contributed by atoms with Crippen LogP contribution in [0.15, 0.2) is 47.5 Å². The van der Waals surface area contributed by atoms with E-state index in [4.69, 9.17) is 11.6 Å². The molecular formula is C13H12ClNS. The van der Waals surface area contributed by atoms with Crippen LogP contribution in [0.3, 0.4) is 0 Å². The van der Waals surface area contributed by atoms with E-state index in [0.29, 0.717) is 5.15 Å². The molecule has 1 aromatic heterocycles. The largest absolute Gasteiger partial charge is 0.244 e. The molecule has 0 aliphatic rings. The van der Waals surface area contributed by atoms with Gasteiger partial charge in [0.05, 0.1) is 0 Å². The van der Waals surface area contributed by atoms with Gasteiger partial charge in [0.25, 0.3) is 0 Å². The van der Waals surface area contributed by atoms with Gasteiger partial charge in [-0.3, -0.25) is 0 Å². The molecule has 1 heterocycles. The number of hydrogen-bond acceptors (Lipinski definition) is 2. The van der Waals surface area contributed by atoms with Crippen LogP contribution < -0.4 is 0 Å². The molecule has 0 saturated carbocycles. The molecular weight excluding hydrogens is 238 g/mol. The van der Waals surface area contributed by atoms with E-state index in [0.717, 1.165) is 5.75 Å². The summed E-state index contributed by atoms with van der Waals surface area (Å²) in [6, 6.07) is 12.3. The Morgan fingerprint density at radius 3 is 2.81 bits per heavy atom. The Balaban J connectivity index is 1.99. The van der Waals surface area contributed by atoms with E-state index in [1.807, 2.05) is 30.1 Å². The molecule has 0 bridgehead atoms. The lowest BCUT2D eigenvalue weighted by atomic mass is 10.2. The van der Waals surface area contributed by atoms with E-state index in [-0.39, 0.29) is 0 Å². The second-order valence-electron chi connectivity index (χ2n) is 3.59. The van der Waals surface area contributed by atoms with Crippen LogP contribution in [0.1, 0.15) is 11.1 Å². The van der Waals surface area contributed by atoms with Crippen molar-refractivity contribution >= 4 is 23.4 Å². The first kappa shape index (κ1) is 11.5. The summed E-state index contributed by atoms with van der Waals surface area (Å²) in [6.45, 7) is 2.11. The Morgan fingerprint density at radius 2 is 2.12 bits per heavy atom. The molecule has 0 aliphatic heterocycles. The third-order valence-electron chi connectivity index (χ3n) is 2.18. The van der Waals surface area contributed by atoms with Gasteiger partial charge in [-0.1, -0.05) is 35.4 Å². The highest BCUT2D eigenvalue weighted by Crippen LogP contribution is 2.23. The summed E-state index contributed by atoms with van der Waals surface area (Å²) < 4.78 is 0. The number of rotatable bonds is 3. The van der Waals surface area contributed by atoms with Gasteiger partial charge in [0, 0.05) is 16.8 Å². The smallest absolute Gasteiger partial charge is 0.129 e. The Morgan fingerprint density at radius 1 is 1.25 bits per heavy atom. The summed E-state index contributed by atoms with van der Waals surface area (Å²) in [5.74, 6) is 0.924. The molecule has 82 valence electrons. The van der Waals surface area contributed by atoms with Crippen LogP contribution in [0, 0.1) is 6.92 Å². The van der Waals surface area contributed by atoms with E-state index in [9.17, 15) is 0 Å². The molecule has 0 amide bonds. The van der Waals surface area contributed by atoms with Crippen LogP contribution in [-0.2, 0) is 5.75 Å². The maximum absolute atomic E-state index is 5.73. The fourth-order valence-electron chi connectivity index (χ4n) is 1.36. The standard InChI is InChI=1S/C13H12ClNS/c1-10-3-2-4-12(7-10)16-9-11-5-6-13(14)15-8-11/h2-8H,9H2,1H3. The van der Waals surface area contributed by atoms with Crippen molar-refractivity contribution in [1.29, 1.82) is 0 Å². The maximum atomic E-state index is 5.73. The Hall–Kier alpha value is -0.990. The molecule has 3 heteroatoms. The second kappa shape index (κ2) is 5.37. The van der Waals surface area contributed by atoms with Crippen molar-refractivity contribution in [3.05, 3.63) is 58.9 Å². The van der Waals surface area contributed by atoms with Gasteiger partial charge in [-0.2, -0.15) is 0 Å². The highest BCUT2D eigenvalue weighted by Gasteiger charge is 1.97. The molecule has 0 spiro atoms. The zero-order valence-electron chi connectivity index (χ0n) is 8.98. The Kier molecular flexibility index (Phi) is 3.86. The van der Waals surface area contributed by atoms with Crippen LogP contribution in [0.5, 0.6) is 0 Å². The summed E-state index contributed by atoms with van der Waals surface area (Å²) in [5, 5.41) is 0.546. The lowest BCUT2D eigenvalue weighted by Crippen LogP contribution is -1.83. The van der Waals surface area contributed by atoms with Crippen molar-refractivity contribution in [2.45, 2.75) is 17.6 Å². The number of aromatic nitrogens is 1. The van der Waals surface area contributed by atoms with E-state index in [1.165, 1.54) is 16.0 Å². The fraction of sp³-hybridized carbons (Fsp3) is 0.154. The van der Waals surface area contributed by atoms with E-state index in [1.54, 1.807) is 0 Å². The number of halogens is 1. The number of nitrogens with zero attached hydrogens (tertiary/aromatic N) is 1. The monoisotopic (exact) mass is 249 g/mol. The Labute approximate surface area is 105 Å². The Bertz CT molecular complexity index is 468. The maximum Gasteiger partial charge on any atom is 0.129 e.